The highest BCUT2D eigenvalue weighted by Gasteiger charge is 2.05. The van der Waals surface area contributed by atoms with E-state index in [1.54, 1.807) is 0 Å². The Morgan fingerprint density at radius 3 is 3.07 bits per heavy atom. The molecule has 0 aliphatic carbocycles. The van der Waals surface area contributed by atoms with Crippen LogP contribution >= 0.6 is 0 Å². The largest absolute Gasteiger partial charge is 0.361 e. The predicted molar refractivity (Wildman–Crippen MR) is 64.7 cm³/mol. The molecule has 0 unspecified atom stereocenters. The second-order valence-electron chi connectivity index (χ2n) is 3.80. The van der Waals surface area contributed by atoms with Gasteiger partial charge in [0.2, 0.25) is 0 Å². The summed E-state index contributed by atoms with van der Waals surface area (Å²) in [6.07, 6.45) is 5.78. The molecule has 0 radical (unpaired) electrons. The maximum Gasteiger partial charge on any atom is 0.0454 e. The van der Waals surface area contributed by atoms with Gasteiger partial charge in [0, 0.05) is 17.8 Å². The number of H-pyrrole nitrogens is 1. The molecule has 1 aromatic heterocycles. The van der Waals surface area contributed by atoms with Gasteiger partial charge in [-0.2, -0.15) is 0 Å². The number of rotatable bonds is 4. The number of hydrogen-bond donors (Lipinski definition) is 2. The Labute approximate surface area is 89.8 Å². The predicted octanol–water partition coefficient (Wildman–Crippen LogP) is 3.13. The third-order valence-electron chi connectivity index (χ3n) is 2.69. The molecule has 3 N–H and O–H groups in total. The van der Waals surface area contributed by atoms with Crippen molar-refractivity contribution in [1.82, 2.24) is 4.98 Å². The van der Waals surface area contributed by atoms with Gasteiger partial charge in [0.15, 0.2) is 0 Å². The number of nitrogens with one attached hydrogen (secondary N) is 1. The molecule has 0 fully saturated rings. The van der Waals surface area contributed by atoms with E-state index < -0.39 is 0 Å². The molecule has 2 rings (SSSR count). The summed E-state index contributed by atoms with van der Waals surface area (Å²) in [6.45, 7) is 3.71. The molecule has 2 aromatic rings. The number of aromatic amines is 1. The number of hydrogen-bond acceptors (Lipinski definition) is 1. The quantitative estimate of drug-likeness (QED) is 0.731. The van der Waals surface area contributed by atoms with Crippen molar-refractivity contribution in [2.45, 2.75) is 18.9 Å². The van der Waals surface area contributed by atoms with Gasteiger partial charge in [-0.1, -0.05) is 12.1 Å². The van der Waals surface area contributed by atoms with Crippen LogP contribution in [0.15, 0.2) is 43.1 Å². The van der Waals surface area contributed by atoms with Gasteiger partial charge >= 0.3 is 0 Å². The zero-order chi connectivity index (χ0) is 10.7. The minimum Gasteiger partial charge on any atom is -0.361 e. The second kappa shape index (κ2) is 4.32. The lowest BCUT2D eigenvalue weighted by atomic mass is 10.0. The summed E-state index contributed by atoms with van der Waals surface area (Å²) >= 11 is 0. The van der Waals surface area contributed by atoms with Crippen molar-refractivity contribution in [2.75, 3.05) is 0 Å². The molecule has 0 aliphatic rings. The van der Waals surface area contributed by atoms with Crippen LogP contribution in [0, 0.1) is 0 Å². The van der Waals surface area contributed by atoms with Crippen LogP contribution in [0.25, 0.3) is 10.9 Å². The topological polar surface area (TPSA) is 41.8 Å². The molecule has 1 aromatic carbocycles. The Balaban J connectivity index is 2.23. The van der Waals surface area contributed by atoms with E-state index in [2.05, 4.69) is 35.8 Å². The first-order valence-electron chi connectivity index (χ1n) is 5.25. The zero-order valence-corrected chi connectivity index (χ0v) is 8.74. The van der Waals surface area contributed by atoms with Crippen LogP contribution in [0.4, 0.5) is 0 Å². The Kier molecular flexibility index (Phi) is 2.88. The standard InChI is InChI=1S/C13H16N2/c1-2-3-4-12(14)10-5-6-13-11(9-10)7-8-15-13/h2,5-9,12,15H,1,3-4,14H2/t12-/m0/s1. The lowest BCUT2D eigenvalue weighted by Crippen LogP contribution is -2.09. The normalized spacial score (nSPS) is 12.9. The van der Waals surface area contributed by atoms with Crippen molar-refractivity contribution < 1.29 is 0 Å². The van der Waals surface area contributed by atoms with Gasteiger partial charge in [-0.15, -0.1) is 6.58 Å². The van der Waals surface area contributed by atoms with Crippen molar-refractivity contribution in [2.24, 2.45) is 5.73 Å². The molecule has 15 heavy (non-hydrogen) atoms. The molecule has 0 saturated heterocycles. The van der Waals surface area contributed by atoms with Crippen LogP contribution in [0.5, 0.6) is 0 Å². The van der Waals surface area contributed by atoms with E-state index in [-0.39, 0.29) is 6.04 Å². The molecule has 0 amide bonds. The lowest BCUT2D eigenvalue weighted by Gasteiger charge is -2.10. The Hall–Kier alpha value is -1.54. The van der Waals surface area contributed by atoms with Crippen molar-refractivity contribution >= 4 is 10.9 Å². The molecule has 2 nitrogen and oxygen atoms in total. The van der Waals surface area contributed by atoms with E-state index in [0.29, 0.717) is 0 Å². The SMILES string of the molecule is C=CCC[C@H](N)c1ccc2[nH]ccc2c1. The highest BCUT2D eigenvalue weighted by Crippen LogP contribution is 2.21. The van der Waals surface area contributed by atoms with Gasteiger partial charge in [-0.05, 0) is 42.0 Å². The van der Waals surface area contributed by atoms with Crippen molar-refractivity contribution in [3.63, 3.8) is 0 Å². The van der Waals surface area contributed by atoms with Gasteiger partial charge in [0.1, 0.15) is 0 Å². The average Bonchev–Trinajstić information content (AvgIpc) is 2.72. The number of allylic oxidation sites excluding steroid dienone is 1. The Morgan fingerprint density at radius 1 is 1.40 bits per heavy atom. The molecule has 0 saturated carbocycles. The van der Waals surface area contributed by atoms with Crippen LogP contribution in [0.2, 0.25) is 0 Å². The second-order valence-corrected chi connectivity index (χ2v) is 3.80. The Morgan fingerprint density at radius 2 is 2.27 bits per heavy atom. The highest BCUT2D eigenvalue weighted by atomic mass is 14.7. The van der Waals surface area contributed by atoms with E-state index >= 15 is 0 Å². The van der Waals surface area contributed by atoms with E-state index in [0.717, 1.165) is 18.4 Å². The summed E-state index contributed by atoms with van der Waals surface area (Å²) < 4.78 is 0. The lowest BCUT2D eigenvalue weighted by molar-refractivity contribution is 0.662. The fraction of sp³-hybridized carbons (Fsp3) is 0.231. The van der Waals surface area contributed by atoms with Gasteiger partial charge in [-0.25, -0.2) is 0 Å². The third-order valence-corrected chi connectivity index (χ3v) is 2.69. The van der Waals surface area contributed by atoms with Crippen LogP contribution in [-0.2, 0) is 0 Å². The van der Waals surface area contributed by atoms with Crippen LogP contribution < -0.4 is 5.73 Å². The summed E-state index contributed by atoms with van der Waals surface area (Å²) in [4.78, 5) is 3.17. The van der Waals surface area contributed by atoms with E-state index in [1.807, 2.05) is 12.3 Å². The van der Waals surface area contributed by atoms with E-state index in [1.165, 1.54) is 10.9 Å². The maximum absolute atomic E-state index is 6.08. The van der Waals surface area contributed by atoms with Gasteiger partial charge < -0.3 is 10.7 Å². The summed E-state index contributed by atoms with van der Waals surface area (Å²) in [5, 5.41) is 1.22. The van der Waals surface area contributed by atoms with Gasteiger partial charge in [0.25, 0.3) is 0 Å². The van der Waals surface area contributed by atoms with E-state index in [4.69, 9.17) is 5.73 Å². The molecule has 0 spiro atoms. The molecule has 0 aliphatic heterocycles. The smallest absolute Gasteiger partial charge is 0.0454 e. The molecule has 0 bridgehead atoms. The number of nitrogens with two attached hydrogens (primary N) is 1. The molecule has 1 heterocycles. The first-order chi connectivity index (χ1) is 7.31. The summed E-state index contributed by atoms with van der Waals surface area (Å²) in [7, 11) is 0. The van der Waals surface area contributed by atoms with Gasteiger partial charge in [-0.3, -0.25) is 0 Å². The molecular formula is C13H16N2. The van der Waals surface area contributed by atoms with Crippen molar-refractivity contribution in [3.8, 4) is 0 Å². The number of fused-ring (bicyclic) bond motifs is 1. The van der Waals surface area contributed by atoms with Crippen molar-refractivity contribution in [3.05, 3.63) is 48.7 Å². The van der Waals surface area contributed by atoms with Crippen LogP contribution in [0.1, 0.15) is 24.4 Å². The summed E-state index contributed by atoms with van der Waals surface area (Å²) in [5.74, 6) is 0. The number of aromatic nitrogens is 1. The fourth-order valence-corrected chi connectivity index (χ4v) is 1.77. The fourth-order valence-electron chi connectivity index (χ4n) is 1.77. The Bertz CT molecular complexity index is 456. The number of benzene rings is 1. The first kappa shape index (κ1) is 9.99. The zero-order valence-electron chi connectivity index (χ0n) is 8.74. The summed E-state index contributed by atoms with van der Waals surface area (Å²) in [5.41, 5.74) is 8.44. The average molecular weight is 200 g/mol. The van der Waals surface area contributed by atoms with E-state index in [9.17, 15) is 0 Å². The van der Waals surface area contributed by atoms with Crippen LogP contribution in [0.3, 0.4) is 0 Å². The molecule has 1 atom stereocenters. The maximum atomic E-state index is 6.08. The minimum absolute atomic E-state index is 0.113. The molecule has 2 heteroatoms. The molecular weight excluding hydrogens is 184 g/mol. The van der Waals surface area contributed by atoms with Crippen LogP contribution in [-0.4, -0.2) is 4.98 Å². The molecule has 78 valence electrons. The van der Waals surface area contributed by atoms with Gasteiger partial charge in [0.05, 0.1) is 0 Å². The third kappa shape index (κ3) is 2.10. The highest BCUT2D eigenvalue weighted by molar-refractivity contribution is 5.80. The van der Waals surface area contributed by atoms with Crippen molar-refractivity contribution in [1.29, 1.82) is 0 Å². The first-order valence-corrected chi connectivity index (χ1v) is 5.25. The monoisotopic (exact) mass is 200 g/mol. The minimum atomic E-state index is 0.113. The summed E-state index contributed by atoms with van der Waals surface area (Å²) in [6, 6.07) is 8.51.